The van der Waals surface area contributed by atoms with Gasteiger partial charge in [-0.1, -0.05) is 0 Å². The van der Waals surface area contributed by atoms with Crippen molar-refractivity contribution in [3.63, 3.8) is 0 Å². The molecule has 0 spiro atoms. The maximum atomic E-state index is 13.7. The van der Waals surface area contributed by atoms with Crippen LogP contribution in [0.1, 0.15) is 22.3 Å². The monoisotopic (exact) mass is 330 g/mol. The molecule has 0 N–H and O–H groups in total. The molecule has 3 nitrogen and oxygen atoms in total. The molecule has 0 saturated heterocycles. The SMILES string of the molecule is Cc1c(C)c2ccc(OCc3ccc(F)cc3F)c(C)c2oc1=O. The van der Waals surface area contributed by atoms with E-state index in [1.807, 2.05) is 13.0 Å². The van der Waals surface area contributed by atoms with Crippen LogP contribution in [-0.4, -0.2) is 0 Å². The number of ether oxygens (including phenoxy) is 1. The van der Waals surface area contributed by atoms with Gasteiger partial charge in [-0.15, -0.1) is 0 Å². The summed E-state index contributed by atoms with van der Waals surface area (Å²) in [6.45, 7) is 5.31. The van der Waals surface area contributed by atoms with Gasteiger partial charge in [-0.3, -0.25) is 0 Å². The summed E-state index contributed by atoms with van der Waals surface area (Å²) in [7, 11) is 0. The minimum absolute atomic E-state index is 0.0481. The average Bonchev–Trinajstić information content (AvgIpc) is 2.54. The molecule has 2 aromatic carbocycles. The van der Waals surface area contributed by atoms with E-state index in [9.17, 15) is 13.6 Å². The summed E-state index contributed by atoms with van der Waals surface area (Å²) in [5, 5.41) is 0.838. The normalized spacial score (nSPS) is 11.0. The molecule has 0 atom stereocenters. The summed E-state index contributed by atoms with van der Waals surface area (Å²) < 4.78 is 37.6. The number of halogens is 2. The minimum Gasteiger partial charge on any atom is -0.488 e. The second-order valence-electron chi connectivity index (χ2n) is 5.73. The first kappa shape index (κ1) is 16.2. The van der Waals surface area contributed by atoms with E-state index in [4.69, 9.17) is 9.15 Å². The van der Waals surface area contributed by atoms with Gasteiger partial charge in [-0.25, -0.2) is 13.6 Å². The zero-order valence-corrected chi connectivity index (χ0v) is 13.6. The summed E-state index contributed by atoms with van der Waals surface area (Å²) in [5.74, 6) is -0.810. The third-order valence-electron chi connectivity index (χ3n) is 4.22. The quantitative estimate of drug-likeness (QED) is 0.660. The Labute approximate surface area is 137 Å². The Kier molecular flexibility index (Phi) is 4.09. The smallest absolute Gasteiger partial charge is 0.339 e. The lowest BCUT2D eigenvalue weighted by Gasteiger charge is -2.12. The number of aryl methyl sites for hydroxylation is 2. The molecule has 0 aliphatic carbocycles. The van der Waals surface area contributed by atoms with Crippen LogP contribution in [0.5, 0.6) is 5.75 Å². The minimum atomic E-state index is -0.661. The zero-order valence-electron chi connectivity index (χ0n) is 13.6. The third-order valence-corrected chi connectivity index (χ3v) is 4.22. The number of hydrogen-bond donors (Lipinski definition) is 0. The van der Waals surface area contributed by atoms with Gasteiger partial charge in [0.2, 0.25) is 0 Å². The Bertz CT molecular complexity index is 990. The summed E-state index contributed by atoms with van der Waals surface area (Å²) in [6.07, 6.45) is 0. The van der Waals surface area contributed by atoms with E-state index in [1.165, 1.54) is 12.1 Å². The zero-order chi connectivity index (χ0) is 17.4. The van der Waals surface area contributed by atoms with E-state index in [-0.39, 0.29) is 17.8 Å². The lowest BCUT2D eigenvalue weighted by atomic mass is 10.0. The van der Waals surface area contributed by atoms with Crippen LogP contribution in [0.2, 0.25) is 0 Å². The molecule has 0 amide bonds. The molecule has 3 aromatic rings. The van der Waals surface area contributed by atoms with Gasteiger partial charge < -0.3 is 9.15 Å². The lowest BCUT2D eigenvalue weighted by molar-refractivity contribution is 0.297. The Morgan fingerprint density at radius 2 is 1.75 bits per heavy atom. The van der Waals surface area contributed by atoms with E-state index in [1.54, 1.807) is 19.9 Å². The van der Waals surface area contributed by atoms with Crippen LogP contribution in [0, 0.1) is 32.4 Å². The molecule has 0 aliphatic heterocycles. The largest absolute Gasteiger partial charge is 0.488 e. The highest BCUT2D eigenvalue weighted by Crippen LogP contribution is 2.29. The van der Waals surface area contributed by atoms with Gasteiger partial charge in [0.15, 0.2) is 0 Å². The first-order chi connectivity index (χ1) is 11.4. The van der Waals surface area contributed by atoms with Gasteiger partial charge in [-0.2, -0.15) is 0 Å². The van der Waals surface area contributed by atoms with Crippen molar-refractivity contribution in [3.8, 4) is 5.75 Å². The van der Waals surface area contributed by atoms with Gasteiger partial charge >= 0.3 is 5.63 Å². The van der Waals surface area contributed by atoms with Gasteiger partial charge in [0.05, 0.1) is 0 Å². The van der Waals surface area contributed by atoms with Crippen LogP contribution in [0.3, 0.4) is 0 Å². The molecule has 0 saturated carbocycles. The highest BCUT2D eigenvalue weighted by atomic mass is 19.1. The van der Waals surface area contributed by atoms with Crippen LogP contribution in [0.25, 0.3) is 11.0 Å². The Morgan fingerprint density at radius 3 is 2.46 bits per heavy atom. The molecule has 0 radical (unpaired) electrons. The van der Waals surface area contributed by atoms with E-state index in [0.717, 1.165) is 17.0 Å². The number of hydrogen-bond acceptors (Lipinski definition) is 3. The molecular weight excluding hydrogens is 314 g/mol. The Morgan fingerprint density at radius 1 is 1.00 bits per heavy atom. The molecular formula is C19H16F2O3. The van der Waals surface area contributed by atoms with Crippen molar-refractivity contribution >= 4 is 11.0 Å². The van der Waals surface area contributed by atoms with Crippen LogP contribution in [0.4, 0.5) is 8.78 Å². The average molecular weight is 330 g/mol. The summed E-state index contributed by atoms with van der Waals surface area (Å²) in [5.41, 5.74) is 2.42. The standard InChI is InChI=1S/C19H16F2O3/c1-10-11(2)19(22)24-18-12(3)17(7-6-15(10)18)23-9-13-4-5-14(20)8-16(13)21/h4-8H,9H2,1-3H3. The highest BCUT2D eigenvalue weighted by Gasteiger charge is 2.13. The number of fused-ring (bicyclic) bond motifs is 1. The Hall–Kier alpha value is -2.69. The summed E-state index contributed by atoms with van der Waals surface area (Å²) >= 11 is 0. The predicted octanol–water partition coefficient (Wildman–Crippen LogP) is 4.58. The molecule has 0 bridgehead atoms. The molecule has 0 aliphatic rings. The second-order valence-corrected chi connectivity index (χ2v) is 5.73. The molecule has 1 aromatic heterocycles. The van der Waals surface area contributed by atoms with Gasteiger partial charge in [0.1, 0.15) is 29.6 Å². The van der Waals surface area contributed by atoms with Crippen molar-refractivity contribution in [2.24, 2.45) is 0 Å². The molecule has 1 heterocycles. The first-order valence-corrected chi connectivity index (χ1v) is 7.49. The van der Waals surface area contributed by atoms with Crippen molar-refractivity contribution in [1.29, 1.82) is 0 Å². The highest BCUT2D eigenvalue weighted by molar-refractivity contribution is 5.85. The maximum absolute atomic E-state index is 13.7. The molecule has 5 heteroatoms. The molecule has 124 valence electrons. The van der Waals surface area contributed by atoms with Gasteiger partial charge in [0, 0.05) is 28.1 Å². The topological polar surface area (TPSA) is 39.4 Å². The fourth-order valence-electron chi connectivity index (χ4n) is 2.58. The van der Waals surface area contributed by atoms with Crippen LogP contribution >= 0.6 is 0 Å². The fraction of sp³-hybridized carbons (Fsp3) is 0.211. The van der Waals surface area contributed by atoms with E-state index < -0.39 is 11.6 Å². The lowest BCUT2D eigenvalue weighted by Crippen LogP contribution is -2.07. The van der Waals surface area contributed by atoms with Crippen molar-refractivity contribution < 1.29 is 17.9 Å². The first-order valence-electron chi connectivity index (χ1n) is 7.49. The van der Waals surface area contributed by atoms with Crippen LogP contribution in [-0.2, 0) is 6.61 Å². The van der Waals surface area contributed by atoms with Crippen molar-refractivity contribution in [2.45, 2.75) is 27.4 Å². The van der Waals surface area contributed by atoms with E-state index >= 15 is 0 Å². The third kappa shape index (κ3) is 2.77. The van der Waals surface area contributed by atoms with Gasteiger partial charge in [-0.05, 0) is 50.6 Å². The maximum Gasteiger partial charge on any atom is 0.339 e. The molecule has 0 fully saturated rings. The fourth-order valence-corrected chi connectivity index (χ4v) is 2.58. The Balaban J connectivity index is 1.97. The van der Waals surface area contributed by atoms with E-state index in [0.29, 0.717) is 22.5 Å². The summed E-state index contributed by atoms with van der Waals surface area (Å²) in [6, 6.07) is 6.90. The predicted molar refractivity (Wildman–Crippen MR) is 87.4 cm³/mol. The van der Waals surface area contributed by atoms with Gasteiger partial charge in [0.25, 0.3) is 0 Å². The van der Waals surface area contributed by atoms with E-state index in [2.05, 4.69) is 0 Å². The molecule has 3 rings (SSSR count). The molecule has 24 heavy (non-hydrogen) atoms. The van der Waals surface area contributed by atoms with Crippen LogP contribution in [0.15, 0.2) is 39.5 Å². The summed E-state index contributed by atoms with van der Waals surface area (Å²) in [4.78, 5) is 11.9. The molecule has 0 unspecified atom stereocenters. The number of rotatable bonds is 3. The van der Waals surface area contributed by atoms with Crippen molar-refractivity contribution in [3.05, 3.63) is 74.6 Å². The van der Waals surface area contributed by atoms with Crippen LogP contribution < -0.4 is 10.4 Å². The van der Waals surface area contributed by atoms with Crippen molar-refractivity contribution in [2.75, 3.05) is 0 Å². The second kappa shape index (κ2) is 6.07. The van der Waals surface area contributed by atoms with Crippen molar-refractivity contribution in [1.82, 2.24) is 0 Å². The number of benzene rings is 2.